The lowest BCUT2D eigenvalue weighted by molar-refractivity contribution is 1.12. The average Bonchev–Trinajstić information content (AvgIpc) is 3.15. The van der Waals surface area contributed by atoms with E-state index in [0.717, 1.165) is 33.4 Å². The zero-order valence-corrected chi connectivity index (χ0v) is 11.6. The number of aromatic nitrogens is 4. The summed E-state index contributed by atoms with van der Waals surface area (Å²) in [4.78, 5) is 7.75. The number of hydrogen-bond acceptors (Lipinski definition) is 2. The lowest BCUT2D eigenvalue weighted by atomic mass is 10.0. The van der Waals surface area contributed by atoms with Crippen LogP contribution in [-0.4, -0.2) is 20.2 Å². The number of nitrogens with one attached hydrogen (secondary N) is 2. The number of aromatic amines is 2. The predicted octanol–water partition coefficient (Wildman–Crippen LogP) is 3.93. The van der Waals surface area contributed by atoms with Gasteiger partial charge in [-0.15, -0.1) is 0 Å². The standard InChI is InChI=1S/C17H14N4/c1-11-3-2-4-12(7-11)16-17(19-10-18-16)13-5-6-15-14(8-13)9-20-21-15/h2-10H,1H3,(H,18,19)(H,20,21). The van der Waals surface area contributed by atoms with E-state index in [2.05, 4.69) is 63.5 Å². The average molecular weight is 274 g/mol. The van der Waals surface area contributed by atoms with Crippen molar-refractivity contribution in [2.24, 2.45) is 0 Å². The van der Waals surface area contributed by atoms with Crippen LogP contribution in [0.4, 0.5) is 0 Å². The zero-order valence-electron chi connectivity index (χ0n) is 11.6. The van der Waals surface area contributed by atoms with Crippen LogP contribution in [0.15, 0.2) is 55.0 Å². The fourth-order valence-electron chi connectivity index (χ4n) is 2.62. The lowest BCUT2D eigenvalue weighted by Gasteiger charge is -2.04. The van der Waals surface area contributed by atoms with Crippen LogP contribution in [0, 0.1) is 6.92 Å². The van der Waals surface area contributed by atoms with E-state index < -0.39 is 0 Å². The topological polar surface area (TPSA) is 57.4 Å². The highest BCUT2D eigenvalue weighted by Crippen LogP contribution is 2.30. The first-order chi connectivity index (χ1) is 10.3. The van der Waals surface area contributed by atoms with Crippen molar-refractivity contribution in [2.45, 2.75) is 6.92 Å². The number of benzene rings is 2. The van der Waals surface area contributed by atoms with Gasteiger partial charge in [-0.25, -0.2) is 4.98 Å². The minimum Gasteiger partial charge on any atom is -0.344 e. The first-order valence-corrected chi connectivity index (χ1v) is 6.85. The predicted molar refractivity (Wildman–Crippen MR) is 83.8 cm³/mol. The first-order valence-electron chi connectivity index (χ1n) is 6.85. The molecule has 0 fully saturated rings. The van der Waals surface area contributed by atoms with Crippen LogP contribution in [0.3, 0.4) is 0 Å². The van der Waals surface area contributed by atoms with Gasteiger partial charge in [-0.2, -0.15) is 5.10 Å². The van der Waals surface area contributed by atoms with Crippen LogP contribution in [0.2, 0.25) is 0 Å². The van der Waals surface area contributed by atoms with Gasteiger partial charge in [0.1, 0.15) is 0 Å². The quantitative estimate of drug-likeness (QED) is 0.582. The molecule has 0 amide bonds. The summed E-state index contributed by atoms with van der Waals surface area (Å²) in [5.41, 5.74) is 6.50. The van der Waals surface area contributed by atoms with Crippen molar-refractivity contribution in [1.82, 2.24) is 20.2 Å². The van der Waals surface area contributed by atoms with Crippen molar-refractivity contribution >= 4 is 10.9 Å². The van der Waals surface area contributed by atoms with Gasteiger partial charge in [0, 0.05) is 16.5 Å². The van der Waals surface area contributed by atoms with Crippen LogP contribution in [0.5, 0.6) is 0 Å². The van der Waals surface area contributed by atoms with Crippen molar-refractivity contribution < 1.29 is 0 Å². The highest BCUT2D eigenvalue weighted by Gasteiger charge is 2.11. The zero-order chi connectivity index (χ0) is 14.2. The molecule has 4 aromatic rings. The minimum absolute atomic E-state index is 0.974. The van der Waals surface area contributed by atoms with Crippen LogP contribution < -0.4 is 0 Å². The van der Waals surface area contributed by atoms with E-state index >= 15 is 0 Å². The molecular formula is C17H14N4. The van der Waals surface area contributed by atoms with Crippen molar-refractivity contribution in [3.8, 4) is 22.5 Å². The van der Waals surface area contributed by atoms with Gasteiger partial charge in [-0.1, -0.05) is 29.8 Å². The number of fused-ring (bicyclic) bond motifs is 1. The summed E-state index contributed by atoms with van der Waals surface area (Å²) in [6, 6.07) is 14.6. The van der Waals surface area contributed by atoms with Gasteiger partial charge >= 0.3 is 0 Å². The van der Waals surface area contributed by atoms with Crippen molar-refractivity contribution in [1.29, 1.82) is 0 Å². The second kappa shape index (κ2) is 4.59. The molecule has 0 unspecified atom stereocenters. The third-order valence-corrected chi connectivity index (χ3v) is 3.66. The third-order valence-electron chi connectivity index (χ3n) is 3.66. The Labute approximate surface area is 121 Å². The lowest BCUT2D eigenvalue weighted by Crippen LogP contribution is -1.85. The molecule has 0 aliphatic heterocycles. The number of aryl methyl sites for hydroxylation is 1. The third kappa shape index (κ3) is 2.01. The minimum atomic E-state index is 0.974. The van der Waals surface area contributed by atoms with E-state index in [4.69, 9.17) is 0 Å². The van der Waals surface area contributed by atoms with Gasteiger partial charge in [-0.3, -0.25) is 5.10 Å². The second-order valence-electron chi connectivity index (χ2n) is 5.17. The Morgan fingerprint density at radius 1 is 1.00 bits per heavy atom. The molecule has 0 saturated carbocycles. The van der Waals surface area contributed by atoms with E-state index in [1.54, 1.807) is 6.33 Å². The van der Waals surface area contributed by atoms with Gasteiger partial charge in [0.2, 0.25) is 0 Å². The van der Waals surface area contributed by atoms with Gasteiger partial charge < -0.3 is 4.98 Å². The summed E-state index contributed by atoms with van der Waals surface area (Å²) in [7, 11) is 0. The van der Waals surface area contributed by atoms with Crippen molar-refractivity contribution in [2.75, 3.05) is 0 Å². The highest BCUT2D eigenvalue weighted by molar-refractivity contribution is 5.86. The van der Waals surface area contributed by atoms with Crippen LogP contribution in [0.25, 0.3) is 33.4 Å². The molecule has 102 valence electrons. The largest absolute Gasteiger partial charge is 0.344 e. The Bertz CT molecular complexity index is 917. The molecule has 2 aromatic heterocycles. The molecule has 2 N–H and O–H groups in total. The molecule has 4 heteroatoms. The molecule has 0 saturated heterocycles. The summed E-state index contributed by atoms with van der Waals surface area (Å²) < 4.78 is 0. The maximum atomic E-state index is 4.49. The van der Waals surface area contributed by atoms with Crippen molar-refractivity contribution in [3.05, 3.63) is 60.6 Å². The molecule has 4 rings (SSSR count). The van der Waals surface area contributed by atoms with E-state index in [9.17, 15) is 0 Å². The second-order valence-corrected chi connectivity index (χ2v) is 5.17. The Kier molecular flexibility index (Phi) is 2.60. The van der Waals surface area contributed by atoms with Gasteiger partial charge in [0.05, 0.1) is 29.4 Å². The van der Waals surface area contributed by atoms with Gasteiger partial charge in [0.15, 0.2) is 0 Å². The Balaban J connectivity index is 1.88. The summed E-state index contributed by atoms with van der Waals surface area (Å²) >= 11 is 0. The number of rotatable bonds is 2. The SMILES string of the molecule is Cc1cccc(-c2nc[nH]c2-c2ccc3[nH]ncc3c2)c1. The smallest absolute Gasteiger partial charge is 0.0961 e. The molecule has 21 heavy (non-hydrogen) atoms. The fourth-order valence-corrected chi connectivity index (χ4v) is 2.62. The monoisotopic (exact) mass is 274 g/mol. The maximum Gasteiger partial charge on any atom is 0.0961 e. The molecule has 4 nitrogen and oxygen atoms in total. The summed E-state index contributed by atoms with van der Waals surface area (Å²) in [5, 5.41) is 8.13. The molecule has 0 bridgehead atoms. The van der Waals surface area contributed by atoms with Crippen molar-refractivity contribution in [3.63, 3.8) is 0 Å². The first kappa shape index (κ1) is 11.9. The summed E-state index contributed by atoms with van der Waals surface area (Å²) in [6.45, 7) is 2.09. The fraction of sp³-hybridized carbons (Fsp3) is 0.0588. The van der Waals surface area contributed by atoms with Gasteiger partial charge in [-0.05, 0) is 25.1 Å². The van der Waals surface area contributed by atoms with E-state index in [1.165, 1.54) is 5.56 Å². The molecule has 2 aromatic carbocycles. The number of H-pyrrole nitrogens is 2. The maximum absolute atomic E-state index is 4.49. The molecule has 0 atom stereocenters. The molecule has 0 spiro atoms. The molecule has 0 aliphatic rings. The Morgan fingerprint density at radius 2 is 1.95 bits per heavy atom. The Hall–Kier alpha value is -2.88. The number of imidazole rings is 1. The molecule has 0 aliphatic carbocycles. The highest BCUT2D eigenvalue weighted by atomic mass is 15.1. The number of nitrogens with zero attached hydrogens (tertiary/aromatic N) is 2. The van der Waals surface area contributed by atoms with E-state index in [-0.39, 0.29) is 0 Å². The molecule has 2 heterocycles. The Morgan fingerprint density at radius 3 is 2.86 bits per heavy atom. The van der Waals surface area contributed by atoms with Gasteiger partial charge in [0.25, 0.3) is 0 Å². The van der Waals surface area contributed by atoms with E-state index in [0.29, 0.717) is 0 Å². The van der Waals surface area contributed by atoms with Crippen LogP contribution in [-0.2, 0) is 0 Å². The summed E-state index contributed by atoms with van der Waals surface area (Å²) in [6.07, 6.45) is 3.58. The van der Waals surface area contributed by atoms with E-state index in [1.807, 2.05) is 12.3 Å². The summed E-state index contributed by atoms with van der Waals surface area (Å²) in [5.74, 6) is 0. The number of hydrogen-bond donors (Lipinski definition) is 2. The van der Waals surface area contributed by atoms with Crippen LogP contribution >= 0.6 is 0 Å². The van der Waals surface area contributed by atoms with Crippen LogP contribution in [0.1, 0.15) is 5.56 Å². The molecular weight excluding hydrogens is 260 g/mol. The normalized spacial score (nSPS) is 11.1. The molecule has 0 radical (unpaired) electrons.